The molecule has 2 aromatic rings. The molecule has 1 amide bonds. The van der Waals surface area contributed by atoms with E-state index in [0.717, 1.165) is 0 Å². The van der Waals surface area contributed by atoms with Gasteiger partial charge < -0.3 is 19.8 Å². The van der Waals surface area contributed by atoms with Crippen LogP contribution in [0.15, 0.2) is 36.8 Å². The third kappa shape index (κ3) is 3.85. The van der Waals surface area contributed by atoms with Gasteiger partial charge in [0.15, 0.2) is 0 Å². The molecule has 0 saturated carbocycles. The molecule has 0 bridgehead atoms. The highest BCUT2D eigenvalue weighted by Gasteiger charge is 2.26. The summed E-state index contributed by atoms with van der Waals surface area (Å²) in [5, 5.41) is 10.8. The molecular weight excluding hydrogens is 300 g/mol. The standard InChI is InChI=1S/C14H16N4O4.CH4/c1-16(2)14(19)13(10-4-6-11(22-3)7-5-10)17-8-12(15-9-17)18(20)21;/h4-9,13H,1-3H3;1H4. The van der Waals surface area contributed by atoms with Crippen LogP contribution in [0.1, 0.15) is 19.0 Å². The van der Waals surface area contributed by atoms with Crippen LogP contribution in [-0.2, 0) is 4.79 Å². The van der Waals surface area contributed by atoms with Gasteiger partial charge in [-0.1, -0.05) is 19.6 Å². The Hall–Kier alpha value is -2.90. The fourth-order valence-corrected chi connectivity index (χ4v) is 2.03. The van der Waals surface area contributed by atoms with Gasteiger partial charge in [0.05, 0.1) is 7.11 Å². The van der Waals surface area contributed by atoms with Gasteiger partial charge in [-0.3, -0.25) is 9.36 Å². The summed E-state index contributed by atoms with van der Waals surface area (Å²) in [6, 6.07) is 6.24. The molecule has 124 valence electrons. The number of nitrogens with zero attached hydrogens (tertiary/aromatic N) is 4. The van der Waals surface area contributed by atoms with Gasteiger partial charge in [0.2, 0.25) is 12.2 Å². The Balaban J connectivity index is 0.00000264. The normalized spacial score (nSPS) is 11.3. The number of hydrogen-bond donors (Lipinski definition) is 0. The van der Waals surface area contributed by atoms with Crippen molar-refractivity contribution in [2.24, 2.45) is 0 Å². The molecule has 0 aliphatic heterocycles. The van der Waals surface area contributed by atoms with E-state index in [0.29, 0.717) is 11.3 Å². The lowest BCUT2D eigenvalue weighted by Gasteiger charge is -2.21. The number of aromatic nitrogens is 2. The molecule has 8 nitrogen and oxygen atoms in total. The van der Waals surface area contributed by atoms with Crippen molar-refractivity contribution >= 4 is 11.7 Å². The number of amides is 1. The summed E-state index contributed by atoms with van der Waals surface area (Å²) in [5.74, 6) is 0.152. The molecule has 1 heterocycles. The first-order valence-corrected chi connectivity index (χ1v) is 6.47. The minimum Gasteiger partial charge on any atom is -0.497 e. The number of hydrogen-bond acceptors (Lipinski definition) is 5. The van der Waals surface area contributed by atoms with Crippen molar-refractivity contribution in [1.29, 1.82) is 0 Å². The lowest BCUT2D eigenvalue weighted by atomic mass is 10.1. The van der Waals surface area contributed by atoms with Crippen molar-refractivity contribution in [2.75, 3.05) is 21.2 Å². The first-order valence-electron chi connectivity index (χ1n) is 6.47. The molecule has 0 saturated heterocycles. The average molecular weight is 320 g/mol. The molecule has 0 spiro atoms. The van der Waals surface area contributed by atoms with E-state index in [-0.39, 0.29) is 19.2 Å². The monoisotopic (exact) mass is 320 g/mol. The van der Waals surface area contributed by atoms with Crippen LogP contribution in [-0.4, -0.2) is 46.5 Å². The Bertz CT molecular complexity index is 679. The van der Waals surface area contributed by atoms with E-state index in [9.17, 15) is 14.9 Å². The second-order valence-corrected chi connectivity index (χ2v) is 4.84. The van der Waals surface area contributed by atoms with E-state index in [2.05, 4.69) is 4.98 Å². The number of likely N-dealkylation sites (N-methyl/N-ethyl adjacent to an activating group) is 1. The van der Waals surface area contributed by atoms with Crippen LogP contribution in [0.2, 0.25) is 0 Å². The van der Waals surface area contributed by atoms with Crippen LogP contribution < -0.4 is 4.74 Å². The molecule has 0 radical (unpaired) electrons. The van der Waals surface area contributed by atoms with Gasteiger partial charge in [0.25, 0.3) is 0 Å². The average Bonchev–Trinajstić information content (AvgIpc) is 2.98. The van der Waals surface area contributed by atoms with Crippen molar-refractivity contribution in [2.45, 2.75) is 13.5 Å². The maximum absolute atomic E-state index is 12.5. The Labute approximate surface area is 134 Å². The number of nitro groups is 1. The zero-order chi connectivity index (χ0) is 16.3. The molecule has 23 heavy (non-hydrogen) atoms. The Morgan fingerprint density at radius 3 is 2.39 bits per heavy atom. The Morgan fingerprint density at radius 1 is 1.35 bits per heavy atom. The smallest absolute Gasteiger partial charge is 0.381 e. The number of carbonyl (C=O) groups excluding carboxylic acids is 1. The predicted molar refractivity (Wildman–Crippen MR) is 85.4 cm³/mol. The molecule has 0 N–H and O–H groups in total. The highest BCUT2D eigenvalue weighted by molar-refractivity contribution is 5.83. The molecule has 0 aliphatic rings. The molecular formula is C15H20N4O4. The highest BCUT2D eigenvalue weighted by Crippen LogP contribution is 2.24. The topological polar surface area (TPSA) is 90.5 Å². The van der Waals surface area contributed by atoms with Gasteiger partial charge in [-0.25, -0.2) is 0 Å². The third-order valence-electron chi connectivity index (χ3n) is 3.18. The van der Waals surface area contributed by atoms with Crippen LogP contribution in [0.5, 0.6) is 5.75 Å². The first-order chi connectivity index (χ1) is 10.4. The van der Waals surface area contributed by atoms with Gasteiger partial charge in [0, 0.05) is 14.1 Å². The minimum atomic E-state index is -0.720. The van der Waals surface area contributed by atoms with Crippen LogP contribution in [0.3, 0.4) is 0 Å². The number of benzene rings is 1. The molecule has 0 fully saturated rings. The van der Waals surface area contributed by atoms with E-state index in [1.54, 1.807) is 45.5 Å². The van der Waals surface area contributed by atoms with Gasteiger partial charge in [0.1, 0.15) is 18.0 Å². The summed E-state index contributed by atoms with van der Waals surface area (Å²) in [6.45, 7) is 0. The van der Waals surface area contributed by atoms with Gasteiger partial charge in [-0.15, -0.1) is 0 Å². The van der Waals surface area contributed by atoms with E-state index < -0.39 is 11.0 Å². The largest absolute Gasteiger partial charge is 0.497 e. The lowest BCUT2D eigenvalue weighted by molar-refractivity contribution is -0.389. The lowest BCUT2D eigenvalue weighted by Crippen LogP contribution is -2.31. The number of rotatable bonds is 5. The maximum atomic E-state index is 12.5. The zero-order valence-corrected chi connectivity index (χ0v) is 12.5. The SMILES string of the molecule is C.COc1ccc(C(C(=O)N(C)C)n2cnc([N+](=O)[O-])c2)cc1. The quantitative estimate of drug-likeness (QED) is 0.621. The molecule has 1 atom stereocenters. The molecule has 2 rings (SSSR count). The van der Waals surface area contributed by atoms with Crippen molar-refractivity contribution in [3.63, 3.8) is 0 Å². The second-order valence-electron chi connectivity index (χ2n) is 4.84. The number of ether oxygens (including phenoxy) is 1. The van der Waals surface area contributed by atoms with Gasteiger partial charge in [-0.05, 0) is 27.6 Å². The molecule has 1 aromatic carbocycles. The van der Waals surface area contributed by atoms with Crippen LogP contribution in [0, 0.1) is 10.1 Å². The Kier molecular flexibility index (Phi) is 5.83. The predicted octanol–water partition coefficient (Wildman–Crippen LogP) is 2.11. The van der Waals surface area contributed by atoms with Gasteiger partial charge >= 0.3 is 5.82 Å². The van der Waals surface area contributed by atoms with E-state index in [1.807, 2.05) is 0 Å². The van der Waals surface area contributed by atoms with Crippen molar-refractivity contribution in [3.05, 3.63) is 52.5 Å². The fourth-order valence-electron chi connectivity index (χ4n) is 2.03. The molecule has 1 aromatic heterocycles. The summed E-state index contributed by atoms with van der Waals surface area (Å²) in [5.41, 5.74) is 0.687. The third-order valence-corrected chi connectivity index (χ3v) is 3.18. The molecule has 1 unspecified atom stereocenters. The van der Waals surface area contributed by atoms with Gasteiger partial charge in [-0.2, -0.15) is 0 Å². The van der Waals surface area contributed by atoms with Crippen molar-refractivity contribution in [3.8, 4) is 5.75 Å². The Morgan fingerprint density at radius 2 is 1.96 bits per heavy atom. The number of carbonyl (C=O) groups is 1. The summed E-state index contributed by atoms with van der Waals surface area (Å²) < 4.78 is 6.53. The maximum Gasteiger partial charge on any atom is 0.381 e. The van der Waals surface area contributed by atoms with Crippen molar-refractivity contribution in [1.82, 2.24) is 14.5 Å². The second kappa shape index (κ2) is 7.39. The van der Waals surface area contributed by atoms with E-state index in [1.165, 1.54) is 22.0 Å². The van der Waals surface area contributed by atoms with Crippen molar-refractivity contribution < 1.29 is 14.5 Å². The van der Waals surface area contributed by atoms with Crippen LogP contribution in [0.25, 0.3) is 0 Å². The summed E-state index contributed by atoms with van der Waals surface area (Å²) >= 11 is 0. The van der Waals surface area contributed by atoms with Crippen LogP contribution >= 0.6 is 0 Å². The molecule has 8 heteroatoms. The zero-order valence-electron chi connectivity index (χ0n) is 12.5. The summed E-state index contributed by atoms with van der Waals surface area (Å²) in [7, 11) is 4.81. The highest BCUT2D eigenvalue weighted by atomic mass is 16.6. The first kappa shape index (κ1) is 18.1. The van der Waals surface area contributed by atoms with E-state index in [4.69, 9.17) is 4.74 Å². The summed E-state index contributed by atoms with van der Waals surface area (Å²) in [4.78, 5) is 27.8. The van der Waals surface area contributed by atoms with E-state index >= 15 is 0 Å². The minimum absolute atomic E-state index is 0. The number of imidazole rings is 1. The van der Waals surface area contributed by atoms with Crippen LogP contribution in [0.4, 0.5) is 5.82 Å². The fraction of sp³-hybridized carbons (Fsp3) is 0.333. The molecule has 0 aliphatic carbocycles. The number of methoxy groups -OCH3 is 1. The summed E-state index contributed by atoms with van der Waals surface area (Å²) in [6.07, 6.45) is 2.53.